The van der Waals surface area contributed by atoms with Crippen molar-refractivity contribution in [3.05, 3.63) is 36.0 Å². The van der Waals surface area contributed by atoms with Gasteiger partial charge in [0.05, 0.1) is 19.1 Å². The number of halogens is 5. The molecule has 0 aliphatic carbocycles. The van der Waals surface area contributed by atoms with Gasteiger partial charge in [-0.25, -0.2) is 30.0 Å². The molecule has 2 rings (SSSR count). The van der Waals surface area contributed by atoms with Crippen molar-refractivity contribution < 1.29 is 45.7 Å². The number of aliphatic imine (C=N–C) groups is 2. The van der Waals surface area contributed by atoms with Crippen molar-refractivity contribution in [2.75, 3.05) is 58.2 Å². The van der Waals surface area contributed by atoms with E-state index in [1.807, 2.05) is 0 Å². The Morgan fingerprint density at radius 1 is 1.02 bits per heavy atom. The summed E-state index contributed by atoms with van der Waals surface area (Å²) < 4.78 is 85.1. The van der Waals surface area contributed by atoms with Crippen LogP contribution in [-0.2, 0) is 19.0 Å². The maximum Gasteiger partial charge on any atom is 0.456 e. The number of aryl methyl sites for hydroxylation is 1. The van der Waals surface area contributed by atoms with E-state index in [4.69, 9.17) is 19.9 Å². The second kappa shape index (κ2) is 14.9. The molecule has 2 aromatic heterocycles. The number of carbonyl (C=O) groups excluding carboxylic acids is 1. The molecule has 2 N–H and O–H groups in total. The van der Waals surface area contributed by atoms with Crippen LogP contribution in [0.1, 0.15) is 25.2 Å². The van der Waals surface area contributed by atoms with Gasteiger partial charge >= 0.3 is 24.1 Å². The van der Waals surface area contributed by atoms with Crippen LogP contribution in [0.4, 0.5) is 22.0 Å². The summed E-state index contributed by atoms with van der Waals surface area (Å²) in [5.41, 5.74) is 6.92. The lowest BCUT2D eigenvalue weighted by atomic mass is 9.95. The molecule has 0 aliphatic rings. The van der Waals surface area contributed by atoms with Gasteiger partial charge in [0.1, 0.15) is 13.3 Å². The topological polar surface area (TPSA) is 143 Å². The molecule has 0 bridgehead atoms. The second-order valence-corrected chi connectivity index (χ2v) is 15.6. The second-order valence-electron chi connectivity index (χ2n) is 11.1. The Labute approximate surface area is 253 Å². The summed E-state index contributed by atoms with van der Waals surface area (Å²) in [6.07, 6.45) is 4.64. The molecule has 11 nitrogen and oxygen atoms in total. The molecule has 0 unspecified atom stereocenters. The van der Waals surface area contributed by atoms with E-state index >= 15 is 0 Å². The molecule has 44 heavy (non-hydrogen) atoms. The zero-order chi connectivity index (χ0) is 33.3. The van der Waals surface area contributed by atoms with Crippen LogP contribution in [0.2, 0.25) is 0 Å². The SMILES string of the molecule is COC(=O)C(C)(C)COc1cc(C)c(-c2cnc(C(N)=NC(=NCOCCS(C)(C)C)OCC(F)(F)C(F)(F)F)nc2)cn1. The number of hydrogen-bond donors (Lipinski definition) is 1. The van der Waals surface area contributed by atoms with Gasteiger partial charge in [-0.1, -0.05) is 0 Å². The Kier molecular flexibility index (Phi) is 12.4. The van der Waals surface area contributed by atoms with Crippen LogP contribution >= 0.6 is 10.0 Å². The molecule has 0 radical (unpaired) electrons. The van der Waals surface area contributed by atoms with Crippen molar-refractivity contribution in [3.8, 4) is 17.0 Å². The Hall–Kier alpha value is -3.60. The third-order valence-electron chi connectivity index (χ3n) is 5.74. The van der Waals surface area contributed by atoms with E-state index in [1.165, 1.54) is 25.7 Å². The van der Waals surface area contributed by atoms with Crippen LogP contribution in [-0.4, -0.2) is 103 Å². The average molecular weight is 653 g/mol. The third kappa shape index (κ3) is 11.2. The molecule has 0 atom stereocenters. The van der Waals surface area contributed by atoms with Gasteiger partial charge in [-0.05, 0) is 45.1 Å². The number of alkyl halides is 5. The molecule has 17 heteroatoms. The fourth-order valence-electron chi connectivity index (χ4n) is 3.08. The fraction of sp³-hybridized carbons (Fsp3) is 0.556. The minimum absolute atomic E-state index is 0.0364. The molecule has 0 saturated heterocycles. The van der Waals surface area contributed by atoms with Gasteiger partial charge in [-0.2, -0.15) is 26.9 Å². The number of rotatable bonds is 13. The lowest BCUT2D eigenvalue weighted by molar-refractivity contribution is -0.291. The van der Waals surface area contributed by atoms with Crippen molar-refractivity contribution in [1.29, 1.82) is 0 Å². The van der Waals surface area contributed by atoms with Crippen LogP contribution in [0, 0.1) is 12.3 Å². The summed E-state index contributed by atoms with van der Waals surface area (Å²) in [5, 5.41) is 0. The van der Waals surface area contributed by atoms with Gasteiger partial charge in [0.2, 0.25) is 5.88 Å². The number of esters is 1. The maximum atomic E-state index is 13.5. The van der Waals surface area contributed by atoms with E-state index in [0.29, 0.717) is 11.1 Å². The van der Waals surface area contributed by atoms with Crippen LogP contribution in [0.5, 0.6) is 5.88 Å². The molecule has 0 fully saturated rings. The minimum atomic E-state index is -5.84. The van der Waals surface area contributed by atoms with Crippen LogP contribution in [0.3, 0.4) is 0 Å². The molecular formula is C27H37F5N6O5S. The number of pyridine rings is 1. The standard InChI is InChI=1S/C27H37F5N6O5S/c1-17-10-20(42-14-25(2,3)23(39)40-4)34-13-19(17)18-11-35-22(36-12-18)21(33)38-24(37-16-41-8-9-44(5,6)7)43-15-26(28,29)27(30,31)32/h10-13H,8-9,14-16H2,1-7H3,(H2,33,37,38). The first-order chi connectivity index (χ1) is 20.3. The predicted molar refractivity (Wildman–Crippen MR) is 157 cm³/mol. The highest BCUT2D eigenvalue weighted by Crippen LogP contribution is 2.36. The number of hydrogen-bond acceptors (Lipinski definition) is 9. The Morgan fingerprint density at radius 3 is 2.20 bits per heavy atom. The molecule has 2 aromatic rings. The van der Waals surface area contributed by atoms with E-state index < -0.39 is 58.7 Å². The van der Waals surface area contributed by atoms with Crippen molar-refractivity contribution in [3.63, 3.8) is 0 Å². The molecule has 0 saturated carbocycles. The van der Waals surface area contributed by atoms with Gasteiger partial charge in [0, 0.05) is 41.5 Å². The molecule has 246 valence electrons. The fourth-order valence-corrected chi connectivity index (χ4v) is 3.70. The summed E-state index contributed by atoms with van der Waals surface area (Å²) in [6.45, 7) is 2.99. The smallest absolute Gasteiger partial charge is 0.456 e. The van der Waals surface area contributed by atoms with Gasteiger partial charge in [0.25, 0.3) is 0 Å². The number of aromatic nitrogens is 3. The van der Waals surface area contributed by atoms with Crippen molar-refractivity contribution >= 4 is 27.9 Å². The predicted octanol–water partition coefficient (Wildman–Crippen LogP) is 4.37. The van der Waals surface area contributed by atoms with Crippen LogP contribution in [0.25, 0.3) is 11.1 Å². The zero-order valence-electron chi connectivity index (χ0n) is 25.5. The number of ether oxygens (including phenoxy) is 4. The van der Waals surface area contributed by atoms with E-state index in [-0.39, 0.29) is 24.9 Å². The van der Waals surface area contributed by atoms with Gasteiger partial charge in [-0.15, -0.1) is 0 Å². The summed E-state index contributed by atoms with van der Waals surface area (Å²) in [6, 6.07) is 0.807. The summed E-state index contributed by atoms with van der Waals surface area (Å²) >= 11 is 0. The van der Waals surface area contributed by atoms with E-state index in [2.05, 4.69) is 48.4 Å². The minimum Gasteiger partial charge on any atom is -0.476 e. The summed E-state index contributed by atoms with van der Waals surface area (Å²) in [5.74, 6) is -5.20. The molecule has 2 heterocycles. The van der Waals surface area contributed by atoms with Gasteiger partial charge in [0.15, 0.2) is 18.3 Å². The largest absolute Gasteiger partial charge is 0.476 e. The maximum absolute atomic E-state index is 13.5. The lowest BCUT2D eigenvalue weighted by Crippen LogP contribution is -2.41. The summed E-state index contributed by atoms with van der Waals surface area (Å²) in [7, 11) is 0.407. The lowest BCUT2D eigenvalue weighted by Gasteiger charge is -2.24. The van der Waals surface area contributed by atoms with Crippen LogP contribution in [0.15, 0.2) is 34.6 Å². The molecule has 0 amide bonds. The van der Waals surface area contributed by atoms with Crippen molar-refractivity contribution in [1.82, 2.24) is 15.0 Å². The molecule has 0 spiro atoms. The molecular weight excluding hydrogens is 615 g/mol. The van der Waals surface area contributed by atoms with Gasteiger partial charge in [-0.3, -0.25) is 4.79 Å². The number of carbonyl (C=O) groups is 1. The Bertz CT molecular complexity index is 1330. The Morgan fingerprint density at radius 2 is 1.66 bits per heavy atom. The number of nitrogens with two attached hydrogens (primary N) is 1. The number of methoxy groups -OCH3 is 1. The van der Waals surface area contributed by atoms with Crippen LogP contribution < -0.4 is 10.5 Å². The average Bonchev–Trinajstić information content (AvgIpc) is 2.93. The van der Waals surface area contributed by atoms with E-state index in [1.54, 1.807) is 26.8 Å². The highest BCUT2D eigenvalue weighted by molar-refractivity contribution is 8.32. The summed E-state index contributed by atoms with van der Waals surface area (Å²) in [4.78, 5) is 31.8. The van der Waals surface area contributed by atoms with Crippen molar-refractivity contribution in [2.45, 2.75) is 32.9 Å². The first kappa shape index (κ1) is 36.6. The normalized spacial score (nSPS) is 13.9. The Balaban J connectivity index is 2.20. The van der Waals surface area contributed by atoms with E-state index in [9.17, 15) is 26.7 Å². The first-order valence-corrected chi connectivity index (χ1v) is 16.0. The number of nitrogens with zero attached hydrogens (tertiary/aromatic N) is 5. The molecule has 0 aliphatic heterocycles. The number of amidine groups is 2. The van der Waals surface area contributed by atoms with E-state index in [0.717, 1.165) is 11.3 Å². The molecule has 0 aromatic carbocycles. The monoisotopic (exact) mass is 652 g/mol. The third-order valence-corrected chi connectivity index (χ3v) is 7.13. The van der Waals surface area contributed by atoms with Crippen molar-refractivity contribution in [2.24, 2.45) is 21.1 Å². The highest BCUT2D eigenvalue weighted by Gasteiger charge is 2.58. The zero-order valence-corrected chi connectivity index (χ0v) is 26.3. The first-order valence-electron chi connectivity index (χ1n) is 13.0. The quantitative estimate of drug-likeness (QED) is 0.110. The highest BCUT2D eigenvalue weighted by atomic mass is 32.3. The van der Waals surface area contributed by atoms with Gasteiger partial charge < -0.3 is 24.7 Å².